The lowest BCUT2D eigenvalue weighted by atomic mass is 10.2. The van der Waals surface area contributed by atoms with Crippen LogP contribution >= 0.6 is 11.6 Å². The monoisotopic (exact) mass is 293 g/mol. The molecule has 0 radical (unpaired) electrons. The second-order valence-electron chi connectivity index (χ2n) is 4.48. The van der Waals surface area contributed by atoms with E-state index in [1.54, 1.807) is 20.1 Å². The van der Waals surface area contributed by atoms with Crippen LogP contribution in [-0.4, -0.2) is 13.0 Å². The maximum atomic E-state index is 12.2. The number of furan rings is 1. The van der Waals surface area contributed by atoms with Crippen molar-refractivity contribution in [2.24, 2.45) is 0 Å². The third kappa shape index (κ3) is 2.96. The molecule has 0 unspecified atom stereocenters. The quantitative estimate of drug-likeness (QED) is 0.870. The molecule has 0 saturated heterocycles. The molecule has 2 rings (SSSR count). The van der Waals surface area contributed by atoms with E-state index in [-0.39, 0.29) is 11.7 Å². The molecule has 1 heterocycles. The van der Waals surface area contributed by atoms with Crippen LogP contribution in [0.5, 0.6) is 5.75 Å². The number of hydrogen-bond donors (Lipinski definition) is 1. The Hall–Kier alpha value is -1.94. The maximum absolute atomic E-state index is 12.2. The molecule has 0 atom stereocenters. The standard InChI is InChI=1S/C15H16ClNO3/c1-9-4-5-13(19-3)12(6-9)17-15(18)14-7-11(8-16)10(2)20-14/h4-7H,8H2,1-3H3,(H,17,18). The molecule has 106 valence electrons. The molecule has 0 spiro atoms. The average Bonchev–Trinajstić information content (AvgIpc) is 2.80. The fourth-order valence-electron chi connectivity index (χ4n) is 1.87. The van der Waals surface area contributed by atoms with Gasteiger partial charge in [0.15, 0.2) is 5.76 Å². The van der Waals surface area contributed by atoms with Crippen LogP contribution in [-0.2, 0) is 5.88 Å². The van der Waals surface area contributed by atoms with E-state index < -0.39 is 0 Å². The van der Waals surface area contributed by atoms with Crippen molar-refractivity contribution in [2.75, 3.05) is 12.4 Å². The minimum Gasteiger partial charge on any atom is -0.495 e. The van der Waals surface area contributed by atoms with Crippen molar-refractivity contribution in [1.82, 2.24) is 0 Å². The third-order valence-electron chi connectivity index (χ3n) is 2.99. The molecule has 1 aromatic carbocycles. The highest BCUT2D eigenvalue weighted by molar-refractivity contribution is 6.17. The highest BCUT2D eigenvalue weighted by Gasteiger charge is 2.15. The number of carbonyl (C=O) groups is 1. The van der Waals surface area contributed by atoms with Crippen molar-refractivity contribution in [3.63, 3.8) is 0 Å². The summed E-state index contributed by atoms with van der Waals surface area (Å²) in [6.07, 6.45) is 0. The first kappa shape index (κ1) is 14.5. The van der Waals surface area contributed by atoms with E-state index in [9.17, 15) is 4.79 Å². The highest BCUT2D eigenvalue weighted by Crippen LogP contribution is 2.26. The van der Waals surface area contributed by atoms with Crippen LogP contribution < -0.4 is 10.1 Å². The van der Waals surface area contributed by atoms with Crippen molar-refractivity contribution in [1.29, 1.82) is 0 Å². The summed E-state index contributed by atoms with van der Waals surface area (Å²) in [6, 6.07) is 7.22. The van der Waals surface area contributed by atoms with Gasteiger partial charge < -0.3 is 14.5 Å². The Labute approximate surface area is 122 Å². The number of hydrogen-bond acceptors (Lipinski definition) is 3. The summed E-state index contributed by atoms with van der Waals surface area (Å²) in [5.41, 5.74) is 2.45. The Morgan fingerprint density at radius 1 is 1.35 bits per heavy atom. The molecule has 1 amide bonds. The zero-order valence-corrected chi connectivity index (χ0v) is 12.4. The van der Waals surface area contributed by atoms with Gasteiger partial charge >= 0.3 is 0 Å². The molecule has 1 aromatic heterocycles. The summed E-state index contributed by atoms with van der Waals surface area (Å²) in [4.78, 5) is 12.2. The van der Waals surface area contributed by atoms with Crippen LogP contribution in [0.1, 0.15) is 27.4 Å². The minimum absolute atomic E-state index is 0.238. The lowest BCUT2D eigenvalue weighted by molar-refractivity contribution is 0.0995. The molecule has 5 heteroatoms. The summed E-state index contributed by atoms with van der Waals surface area (Å²) in [7, 11) is 1.56. The molecule has 2 aromatic rings. The number of nitrogens with one attached hydrogen (secondary N) is 1. The number of aryl methyl sites for hydroxylation is 2. The van der Waals surface area contributed by atoms with E-state index >= 15 is 0 Å². The van der Waals surface area contributed by atoms with Crippen LogP contribution in [0.3, 0.4) is 0 Å². The Morgan fingerprint density at radius 3 is 2.70 bits per heavy atom. The zero-order chi connectivity index (χ0) is 14.7. The van der Waals surface area contributed by atoms with E-state index in [2.05, 4.69) is 5.32 Å². The lowest BCUT2D eigenvalue weighted by Crippen LogP contribution is -2.12. The molecule has 20 heavy (non-hydrogen) atoms. The van der Waals surface area contributed by atoms with E-state index in [0.717, 1.165) is 11.1 Å². The predicted molar refractivity (Wildman–Crippen MR) is 78.7 cm³/mol. The van der Waals surface area contributed by atoms with Crippen molar-refractivity contribution in [3.05, 3.63) is 46.9 Å². The van der Waals surface area contributed by atoms with Gasteiger partial charge in [0.25, 0.3) is 5.91 Å². The average molecular weight is 294 g/mol. The summed E-state index contributed by atoms with van der Waals surface area (Å²) in [5, 5.41) is 2.78. The molecule has 0 aliphatic carbocycles. The van der Waals surface area contributed by atoms with Crippen LogP contribution in [0.4, 0.5) is 5.69 Å². The van der Waals surface area contributed by atoms with E-state index in [4.69, 9.17) is 20.8 Å². The lowest BCUT2D eigenvalue weighted by Gasteiger charge is -2.09. The largest absolute Gasteiger partial charge is 0.495 e. The fraction of sp³-hybridized carbons (Fsp3) is 0.267. The van der Waals surface area contributed by atoms with Crippen LogP contribution in [0.15, 0.2) is 28.7 Å². The molecule has 0 bridgehead atoms. The van der Waals surface area contributed by atoms with Crippen LogP contribution in [0.25, 0.3) is 0 Å². The van der Waals surface area contributed by atoms with E-state index in [1.165, 1.54) is 0 Å². The Kier molecular flexibility index (Phi) is 4.35. The van der Waals surface area contributed by atoms with Gasteiger partial charge in [-0.25, -0.2) is 0 Å². The van der Waals surface area contributed by atoms with Gasteiger partial charge in [-0.05, 0) is 37.6 Å². The van der Waals surface area contributed by atoms with Gasteiger partial charge in [0, 0.05) is 5.56 Å². The van der Waals surface area contributed by atoms with Crippen LogP contribution in [0.2, 0.25) is 0 Å². The Morgan fingerprint density at radius 2 is 2.10 bits per heavy atom. The second kappa shape index (κ2) is 6.01. The number of amides is 1. The first-order valence-electron chi connectivity index (χ1n) is 6.16. The second-order valence-corrected chi connectivity index (χ2v) is 4.75. The molecule has 4 nitrogen and oxygen atoms in total. The van der Waals surface area contributed by atoms with Crippen molar-refractivity contribution >= 4 is 23.2 Å². The van der Waals surface area contributed by atoms with E-state index in [1.807, 2.05) is 25.1 Å². The summed E-state index contributed by atoms with van der Waals surface area (Å²) in [6.45, 7) is 3.72. The number of alkyl halides is 1. The minimum atomic E-state index is -0.326. The predicted octanol–water partition coefficient (Wildman–Crippen LogP) is 3.90. The van der Waals surface area contributed by atoms with Gasteiger partial charge in [-0.1, -0.05) is 6.07 Å². The Balaban J connectivity index is 2.25. The summed E-state index contributed by atoms with van der Waals surface area (Å²) < 4.78 is 10.6. The maximum Gasteiger partial charge on any atom is 0.291 e. The number of ether oxygens (including phenoxy) is 1. The first-order valence-corrected chi connectivity index (χ1v) is 6.70. The van der Waals surface area contributed by atoms with Gasteiger partial charge in [-0.15, -0.1) is 11.6 Å². The van der Waals surface area contributed by atoms with Gasteiger partial charge in [0.05, 0.1) is 18.7 Å². The molecular weight excluding hydrogens is 278 g/mol. The van der Waals surface area contributed by atoms with Gasteiger partial charge in [-0.2, -0.15) is 0 Å². The summed E-state index contributed by atoms with van der Waals surface area (Å²) >= 11 is 5.77. The smallest absolute Gasteiger partial charge is 0.291 e. The molecular formula is C15H16ClNO3. The van der Waals surface area contributed by atoms with Crippen molar-refractivity contribution in [3.8, 4) is 5.75 Å². The van der Waals surface area contributed by atoms with Crippen LogP contribution in [0, 0.1) is 13.8 Å². The number of halogens is 1. The Bertz CT molecular complexity index is 634. The van der Waals surface area contributed by atoms with Gasteiger partial charge in [0.1, 0.15) is 11.5 Å². The van der Waals surface area contributed by atoms with Crippen molar-refractivity contribution < 1.29 is 13.9 Å². The topological polar surface area (TPSA) is 51.5 Å². The molecule has 1 N–H and O–H groups in total. The zero-order valence-electron chi connectivity index (χ0n) is 11.6. The first-order chi connectivity index (χ1) is 9.55. The SMILES string of the molecule is COc1ccc(C)cc1NC(=O)c1cc(CCl)c(C)o1. The molecule has 0 aliphatic rings. The number of carbonyl (C=O) groups excluding carboxylic acids is 1. The number of rotatable bonds is 4. The number of anilines is 1. The molecule has 0 fully saturated rings. The molecule has 0 saturated carbocycles. The van der Waals surface area contributed by atoms with Gasteiger partial charge in [-0.3, -0.25) is 4.79 Å². The third-order valence-corrected chi connectivity index (χ3v) is 3.28. The van der Waals surface area contributed by atoms with Gasteiger partial charge in [0.2, 0.25) is 0 Å². The molecule has 0 aliphatic heterocycles. The summed E-state index contributed by atoms with van der Waals surface area (Å²) in [5.74, 6) is 1.48. The highest BCUT2D eigenvalue weighted by atomic mass is 35.5. The fourth-order valence-corrected chi connectivity index (χ4v) is 2.13. The number of methoxy groups -OCH3 is 1. The van der Waals surface area contributed by atoms with Crippen molar-refractivity contribution in [2.45, 2.75) is 19.7 Å². The van der Waals surface area contributed by atoms with E-state index in [0.29, 0.717) is 23.1 Å². The normalized spacial score (nSPS) is 10.4. The number of benzene rings is 1.